The lowest BCUT2D eigenvalue weighted by Gasteiger charge is -2.26. The van der Waals surface area contributed by atoms with Crippen molar-refractivity contribution < 1.29 is 46.2 Å². The van der Waals surface area contributed by atoms with Crippen LogP contribution in [0.2, 0.25) is 0 Å². The molecule has 3 aliphatic heterocycles. The van der Waals surface area contributed by atoms with E-state index in [9.17, 15) is 14.2 Å². The average molecular weight is 693 g/mol. The third-order valence-electron chi connectivity index (χ3n) is 7.22. The van der Waals surface area contributed by atoms with E-state index < -0.39 is 76.0 Å². The zero-order valence-electron chi connectivity index (χ0n) is 22.0. The summed E-state index contributed by atoms with van der Waals surface area (Å²) in [7, 11) is 0. The molecule has 4 aromatic heterocycles. The van der Waals surface area contributed by atoms with Gasteiger partial charge in [0.1, 0.15) is 54.2 Å². The Balaban J connectivity index is 1.20. The van der Waals surface area contributed by atoms with Crippen LogP contribution in [-0.2, 0) is 36.7 Å². The predicted molar refractivity (Wildman–Crippen MR) is 153 cm³/mol. The van der Waals surface area contributed by atoms with Crippen LogP contribution in [0.15, 0.2) is 25.3 Å². The molecule has 0 spiro atoms. The number of aliphatic hydroxyl groups excluding tert-OH is 1. The Bertz CT molecular complexity index is 1840. The molecule has 0 aliphatic carbocycles. The zero-order valence-corrected chi connectivity index (χ0v) is 25.5. The Morgan fingerprint density at radius 3 is 1.89 bits per heavy atom. The molecule has 2 bridgehead atoms. The third-order valence-corrected chi connectivity index (χ3v) is 10.4. The maximum Gasteiger partial charge on any atom is 0.386 e. The van der Waals surface area contributed by atoms with Gasteiger partial charge in [0, 0.05) is 0 Å². The number of fused-ring (bicyclic) bond motifs is 5. The number of nitrogens with two attached hydrogens (primary N) is 2. The first-order valence-electron chi connectivity index (χ1n) is 12.7. The highest BCUT2D eigenvalue weighted by Gasteiger charge is 2.54. The smallest absolute Gasteiger partial charge is 0.386 e. The Kier molecular flexibility index (Phi) is 7.61. The van der Waals surface area contributed by atoms with E-state index in [-0.39, 0.29) is 34.0 Å². The van der Waals surface area contributed by atoms with Crippen molar-refractivity contribution in [1.82, 2.24) is 39.0 Å². The Morgan fingerprint density at radius 2 is 1.30 bits per heavy atom. The highest BCUT2D eigenvalue weighted by molar-refractivity contribution is 8.44. The van der Waals surface area contributed by atoms with Gasteiger partial charge in [-0.2, -0.15) is 0 Å². The second-order valence-corrected chi connectivity index (χ2v) is 15.7. The van der Waals surface area contributed by atoms with E-state index in [1.54, 1.807) is 0 Å². The number of ether oxygens (including phenoxy) is 2. The van der Waals surface area contributed by atoms with Crippen LogP contribution in [0.5, 0.6) is 0 Å². The number of hydrogen-bond donors (Lipinski definition) is 5. The second kappa shape index (κ2) is 11.1. The van der Waals surface area contributed by atoms with Gasteiger partial charge < -0.3 is 26.0 Å². The fourth-order valence-electron chi connectivity index (χ4n) is 5.19. The lowest BCUT2D eigenvalue weighted by molar-refractivity contribution is -0.0568. The number of nitrogens with zero attached hydrogens (tertiary/aromatic N) is 8. The van der Waals surface area contributed by atoms with Crippen LogP contribution < -0.4 is 11.5 Å². The Hall–Kier alpha value is -2.49. The lowest BCUT2D eigenvalue weighted by Crippen LogP contribution is -2.35. The quantitative estimate of drug-likeness (QED) is 0.146. The van der Waals surface area contributed by atoms with Crippen molar-refractivity contribution in [1.29, 1.82) is 0 Å². The minimum atomic E-state index is -4.36. The van der Waals surface area contributed by atoms with Crippen LogP contribution in [0.3, 0.4) is 0 Å². The summed E-state index contributed by atoms with van der Waals surface area (Å²) in [4.78, 5) is 24.3. The Labute approximate surface area is 256 Å². The maximum absolute atomic E-state index is 16.0. The molecule has 0 saturated carbocycles. The molecule has 19 nitrogen and oxygen atoms in total. The molecular weight excluding hydrogens is 669 g/mol. The third kappa shape index (κ3) is 5.26. The molecule has 10 atom stereocenters. The van der Waals surface area contributed by atoms with Gasteiger partial charge >= 0.3 is 13.6 Å². The van der Waals surface area contributed by atoms with E-state index in [1.165, 1.54) is 34.4 Å². The minimum absolute atomic E-state index is 0.0580. The van der Waals surface area contributed by atoms with E-state index in [0.29, 0.717) is 0 Å². The summed E-state index contributed by atoms with van der Waals surface area (Å²) in [5.74, 6) is 0.140. The van der Waals surface area contributed by atoms with Crippen LogP contribution in [0, 0.1) is 0 Å². The molecule has 24 heteroatoms. The summed E-state index contributed by atoms with van der Waals surface area (Å²) in [6.45, 7) is -9.91. The first kappa shape index (κ1) is 30.2. The number of aromatic nitrogens is 8. The molecule has 3 fully saturated rings. The van der Waals surface area contributed by atoms with Gasteiger partial charge in [0.25, 0.3) is 0 Å². The minimum Gasteiger partial charge on any atom is -0.387 e. The van der Waals surface area contributed by atoms with Crippen molar-refractivity contribution >= 4 is 72.1 Å². The highest BCUT2D eigenvalue weighted by atomic mass is 32.7. The van der Waals surface area contributed by atoms with Crippen LogP contribution in [-0.4, -0.2) is 94.0 Å². The molecule has 44 heavy (non-hydrogen) atoms. The van der Waals surface area contributed by atoms with Crippen molar-refractivity contribution in [3.63, 3.8) is 0 Å². The van der Waals surface area contributed by atoms with Crippen LogP contribution in [0.25, 0.3) is 22.3 Å². The zero-order chi connectivity index (χ0) is 31.0. The van der Waals surface area contributed by atoms with E-state index >= 15 is 4.39 Å². The number of imidazole rings is 2. The molecule has 7 rings (SSSR count). The number of nitrogen functional groups attached to an aromatic ring is 2. The molecule has 236 valence electrons. The fraction of sp³-hybridized carbons (Fsp3) is 0.500. The number of rotatable bonds is 2. The second-order valence-electron chi connectivity index (χ2n) is 9.90. The van der Waals surface area contributed by atoms with Crippen LogP contribution in [0.1, 0.15) is 12.5 Å². The van der Waals surface area contributed by atoms with Crippen molar-refractivity contribution in [2.24, 2.45) is 0 Å². The molecule has 7 heterocycles. The number of anilines is 2. The molecular formula is C20H23FN10O9P2S2. The number of alkyl halides is 1. The number of hydrogen-bond acceptors (Lipinski definition) is 17. The van der Waals surface area contributed by atoms with Crippen molar-refractivity contribution in [3.8, 4) is 0 Å². The molecule has 1 unspecified atom stereocenters. The maximum atomic E-state index is 16.0. The SMILES string of the molecule is Nc1ncnc2c1ncn2[C@@H]1O[C@@H]2COP(=O)(S)O[C@@H]3[C@H](O)[C@@H](CO[P@@](=O)(S)O[C@H]2[C@H]1F)O[C@H]3n1cnc2c(N)ncnc21. The van der Waals surface area contributed by atoms with E-state index in [2.05, 4.69) is 54.4 Å². The molecule has 5 N–H and O–H groups in total. The highest BCUT2D eigenvalue weighted by Crippen LogP contribution is 2.60. The van der Waals surface area contributed by atoms with Crippen molar-refractivity contribution in [3.05, 3.63) is 25.3 Å². The number of halogens is 1. The van der Waals surface area contributed by atoms with Crippen molar-refractivity contribution in [2.45, 2.75) is 49.1 Å². The van der Waals surface area contributed by atoms with Gasteiger partial charge in [0.05, 0.1) is 25.9 Å². The largest absolute Gasteiger partial charge is 0.387 e. The van der Waals surface area contributed by atoms with E-state index in [4.69, 9.17) is 39.0 Å². The van der Waals surface area contributed by atoms with Gasteiger partial charge in [-0.05, 0) is 0 Å². The molecule has 0 aromatic carbocycles. The molecule has 3 saturated heterocycles. The Morgan fingerprint density at radius 1 is 0.795 bits per heavy atom. The van der Waals surface area contributed by atoms with Crippen LogP contribution in [0.4, 0.5) is 16.0 Å². The normalized spacial score (nSPS) is 38.3. The lowest BCUT2D eigenvalue weighted by atomic mass is 10.1. The van der Waals surface area contributed by atoms with Gasteiger partial charge in [-0.25, -0.2) is 43.4 Å². The number of thiol groups is 2. The first-order chi connectivity index (χ1) is 20.9. The summed E-state index contributed by atoms with van der Waals surface area (Å²) < 4.78 is 79.4. The van der Waals surface area contributed by atoms with Gasteiger partial charge in [-0.1, -0.05) is 24.5 Å². The summed E-state index contributed by atoms with van der Waals surface area (Å²) in [6.07, 6.45) is -6.89. The molecule has 0 amide bonds. The average Bonchev–Trinajstić information content (AvgIpc) is 3.73. The summed E-state index contributed by atoms with van der Waals surface area (Å²) >= 11 is 8.08. The molecule has 3 aliphatic rings. The van der Waals surface area contributed by atoms with Gasteiger partial charge in [-0.3, -0.25) is 27.2 Å². The standard InChI is InChI=1S/C20H23FN10O9P2S2/c21-9-13-8(38-19(9)30-5-28-10-15(22)24-3-26-17(10)30)2-36-42(34,44)40-14-12(32)7(1-35-41(33,43)39-13)37-20(14)31-6-29-11-16(23)25-4-27-18(11)31/h3-9,12-14,19-20,32H,1-2H2,(H,33,43)(H,34,44)(H2,22,24,26)(H2,23,25,27)/t7-,8-,9-,12-,13-,14-,19-,20-,41-,42?/m1/s1. The van der Waals surface area contributed by atoms with Crippen molar-refractivity contribution in [2.75, 3.05) is 24.7 Å². The predicted octanol–water partition coefficient (Wildman–Crippen LogP) is 1.22. The summed E-state index contributed by atoms with van der Waals surface area (Å²) in [6, 6.07) is 0. The van der Waals surface area contributed by atoms with Crippen LogP contribution >= 0.6 is 38.1 Å². The molecule has 0 radical (unpaired) electrons. The first-order valence-corrected chi connectivity index (χ1v) is 18.1. The van der Waals surface area contributed by atoms with E-state index in [1.807, 2.05) is 0 Å². The van der Waals surface area contributed by atoms with Gasteiger partial charge in [0.2, 0.25) is 0 Å². The number of aliphatic hydroxyl groups is 1. The monoisotopic (exact) mass is 692 g/mol. The fourth-order valence-corrected chi connectivity index (χ4v) is 8.13. The van der Waals surface area contributed by atoms with Gasteiger partial charge in [-0.15, -0.1) is 0 Å². The van der Waals surface area contributed by atoms with Gasteiger partial charge in [0.15, 0.2) is 41.6 Å². The van der Waals surface area contributed by atoms with E-state index in [0.717, 1.165) is 0 Å². The summed E-state index contributed by atoms with van der Waals surface area (Å²) in [5, 5.41) is 11.1. The topological polar surface area (TPSA) is 249 Å². The summed E-state index contributed by atoms with van der Waals surface area (Å²) in [5.41, 5.74) is 12.5. The molecule has 4 aromatic rings.